The SMILES string of the molecule is CSc1ccc(NC(=O)N(CCN2CCOCC2)CC(=O)N(Cc2ccccc2)Cc2ccc(C)o2)cc1. The fourth-order valence-corrected chi connectivity index (χ4v) is 4.68. The summed E-state index contributed by atoms with van der Waals surface area (Å²) in [4.78, 5) is 33.8. The number of nitrogens with zero attached hydrogens (tertiary/aromatic N) is 3. The first-order valence-electron chi connectivity index (χ1n) is 12.9. The van der Waals surface area contributed by atoms with Crippen LogP contribution in [-0.4, -0.2) is 78.8 Å². The Labute approximate surface area is 228 Å². The van der Waals surface area contributed by atoms with Crippen LogP contribution in [0.25, 0.3) is 0 Å². The Morgan fingerprint density at radius 1 is 0.947 bits per heavy atom. The molecule has 8 nitrogen and oxygen atoms in total. The maximum atomic E-state index is 13.7. The Hall–Kier alpha value is -3.27. The standard InChI is InChI=1S/C29H36N4O4S/c1-23-8-11-26(37-23)21-33(20-24-6-4-3-5-7-24)28(34)22-32(15-14-31-16-18-36-19-17-31)29(35)30-25-9-12-27(38-2)13-10-25/h3-13H,14-22H2,1-2H3,(H,30,35). The molecule has 202 valence electrons. The predicted molar refractivity (Wildman–Crippen MR) is 150 cm³/mol. The lowest BCUT2D eigenvalue weighted by atomic mass is 10.2. The number of anilines is 1. The van der Waals surface area contributed by atoms with Gasteiger partial charge in [-0.2, -0.15) is 0 Å². The number of nitrogens with one attached hydrogen (secondary N) is 1. The zero-order valence-electron chi connectivity index (χ0n) is 22.1. The number of carbonyl (C=O) groups excluding carboxylic acids is 2. The van der Waals surface area contributed by atoms with Crippen molar-refractivity contribution in [2.45, 2.75) is 24.9 Å². The molecule has 0 bridgehead atoms. The zero-order chi connectivity index (χ0) is 26.7. The van der Waals surface area contributed by atoms with Crippen LogP contribution in [0.15, 0.2) is 76.0 Å². The number of aryl methyl sites for hydroxylation is 1. The third kappa shape index (κ3) is 8.37. The van der Waals surface area contributed by atoms with Gasteiger partial charge in [0.05, 0.1) is 19.8 Å². The van der Waals surface area contributed by atoms with Crippen LogP contribution in [0.4, 0.5) is 10.5 Å². The molecule has 0 saturated carbocycles. The second kappa shape index (κ2) is 14.0. The van der Waals surface area contributed by atoms with Gasteiger partial charge in [-0.05, 0) is 55.1 Å². The van der Waals surface area contributed by atoms with Crippen LogP contribution >= 0.6 is 11.8 Å². The predicted octanol–water partition coefficient (Wildman–Crippen LogP) is 4.71. The molecule has 0 spiro atoms. The van der Waals surface area contributed by atoms with Gasteiger partial charge in [-0.3, -0.25) is 9.69 Å². The fraction of sp³-hybridized carbons (Fsp3) is 0.379. The monoisotopic (exact) mass is 536 g/mol. The smallest absolute Gasteiger partial charge is 0.322 e. The van der Waals surface area contributed by atoms with Gasteiger partial charge in [0.2, 0.25) is 5.91 Å². The molecule has 0 atom stereocenters. The normalized spacial score (nSPS) is 13.7. The van der Waals surface area contributed by atoms with Crippen molar-refractivity contribution in [1.29, 1.82) is 0 Å². The van der Waals surface area contributed by atoms with E-state index in [0.717, 1.165) is 29.3 Å². The minimum atomic E-state index is -0.294. The third-order valence-electron chi connectivity index (χ3n) is 6.46. The molecule has 38 heavy (non-hydrogen) atoms. The van der Waals surface area contributed by atoms with Gasteiger partial charge in [0, 0.05) is 43.3 Å². The Kier molecular flexibility index (Phi) is 10.3. The van der Waals surface area contributed by atoms with Crippen molar-refractivity contribution in [3.63, 3.8) is 0 Å². The van der Waals surface area contributed by atoms with E-state index < -0.39 is 0 Å². The molecule has 0 aliphatic carbocycles. The van der Waals surface area contributed by atoms with Crippen molar-refractivity contribution < 1.29 is 18.7 Å². The van der Waals surface area contributed by atoms with Crippen LogP contribution < -0.4 is 5.32 Å². The van der Waals surface area contributed by atoms with E-state index in [2.05, 4.69) is 10.2 Å². The van der Waals surface area contributed by atoms with Crippen molar-refractivity contribution in [3.05, 3.63) is 83.8 Å². The Morgan fingerprint density at radius 2 is 1.68 bits per heavy atom. The summed E-state index contributed by atoms with van der Waals surface area (Å²) in [6, 6.07) is 21.0. The van der Waals surface area contributed by atoms with Gasteiger partial charge in [0.15, 0.2) is 0 Å². The maximum Gasteiger partial charge on any atom is 0.322 e. The van der Waals surface area contributed by atoms with Gasteiger partial charge in [-0.1, -0.05) is 30.3 Å². The van der Waals surface area contributed by atoms with Crippen molar-refractivity contribution in [3.8, 4) is 0 Å². The first kappa shape index (κ1) is 27.8. The number of amides is 3. The first-order valence-corrected chi connectivity index (χ1v) is 14.1. The second-order valence-electron chi connectivity index (χ2n) is 9.28. The largest absolute Gasteiger partial charge is 0.464 e. The molecule has 2 heterocycles. The van der Waals surface area contributed by atoms with Crippen molar-refractivity contribution in [1.82, 2.24) is 14.7 Å². The summed E-state index contributed by atoms with van der Waals surface area (Å²) >= 11 is 1.64. The van der Waals surface area contributed by atoms with Gasteiger partial charge < -0.3 is 24.3 Å². The first-order chi connectivity index (χ1) is 18.5. The summed E-state index contributed by atoms with van der Waals surface area (Å²) in [5.41, 5.74) is 1.71. The van der Waals surface area contributed by atoms with Crippen LogP contribution in [0.1, 0.15) is 17.1 Å². The molecule has 9 heteroatoms. The summed E-state index contributed by atoms with van der Waals surface area (Å²) in [7, 11) is 0. The summed E-state index contributed by atoms with van der Waals surface area (Å²) < 4.78 is 11.2. The number of hydrogen-bond acceptors (Lipinski definition) is 6. The molecule has 0 unspecified atom stereocenters. The number of carbonyl (C=O) groups is 2. The molecule has 3 amide bonds. The Morgan fingerprint density at radius 3 is 2.34 bits per heavy atom. The Bertz CT molecular complexity index is 1160. The lowest BCUT2D eigenvalue weighted by molar-refractivity contribution is -0.133. The number of urea groups is 1. The summed E-state index contributed by atoms with van der Waals surface area (Å²) in [5, 5.41) is 2.97. The molecular weight excluding hydrogens is 500 g/mol. The van der Waals surface area contributed by atoms with Crippen molar-refractivity contribution in [2.24, 2.45) is 0 Å². The lowest BCUT2D eigenvalue weighted by Crippen LogP contribution is -2.48. The van der Waals surface area contributed by atoms with E-state index in [1.165, 1.54) is 0 Å². The highest BCUT2D eigenvalue weighted by molar-refractivity contribution is 7.98. The molecule has 1 saturated heterocycles. The topological polar surface area (TPSA) is 78.3 Å². The molecule has 1 N–H and O–H groups in total. The highest BCUT2D eigenvalue weighted by atomic mass is 32.2. The van der Waals surface area contributed by atoms with E-state index in [1.54, 1.807) is 21.6 Å². The number of benzene rings is 2. The molecule has 4 rings (SSSR count). The fourth-order valence-electron chi connectivity index (χ4n) is 4.27. The average molecular weight is 537 g/mol. The van der Waals surface area contributed by atoms with Gasteiger partial charge in [0.1, 0.15) is 18.1 Å². The van der Waals surface area contributed by atoms with Crippen LogP contribution in [0, 0.1) is 6.92 Å². The van der Waals surface area contributed by atoms with E-state index in [9.17, 15) is 9.59 Å². The minimum absolute atomic E-state index is 0.0361. The van der Waals surface area contributed by atoms with E-state index in [1.807, 2.05) is 79.9 Å². The summed E-state index contributed by atoms with van der Waals surface area (Å²) in [6.07, 6.45) is 2.01. The molecule has 1 aliphatic heterocycles. The van der Waals surface area contributed by atoms with Gasteiger partial charge in [0.25, 0.3) is 0 Å². The van der Waals surface area contributed by atoms with E-state index in [-0.39, 0.29) is 18.5 Å². The molecular formula is C29H36N4O4S. The third-order valence-corrected chi connectivity index (χ3v) is 7.20. The lowest BCUT2D eigenvalue weighted by Gasteiger charge is -2.31. The number of hydrogen-bond donors (Lipinski definition) is 1. The summed E-state index contributed by atoms with van der Waals surface area (Å²) in [6.45, 7) is 6.70. The maximum absolute atomic E-state index is 13.7. The van der Waals surface area contributed by atoms with Gasteiger partial charge in [-0.25, -0.2) is 4.79 Å². The Balaban J connectivity index is 1.48. The molecule has 1 aromatic heterocycles. The van der Waals surface area contributed by atoms with E-state index >= 15 is 0 Å². The molecule has 1 fully saturated rings. The average Bonchev–Trinajstić information content (AvgIpc) is 3.36. The molecule has 1 aliphatic rings. The molecule has 3 aromatic rings. The molecule has 2 aromatic carbocycles. The van der Waals surface area contributed by atoms with Crippen molar-refractivity contribution in [2.75, 3.05) is 57.5 Å². The van der Waals surface area contributed by atoms with Crippen LogP contribution in [0.3, 0.4) is 0 Å². The number of morpholine rings is 1. The van der Waals surface area contributed by atoms with E-state index in [4.69, 9.17) is 9.15 Å². The number of rotatable bonds is 11. The highest BCUT2D eigenvalue weighted by Gasteiger charge is 2.24. The summed E-state index contributed by atoms with van der Waals surface area (Å²) in [5.74, 6) is 1.37. The van der Waals surface area contributed by atoms with Crippen LogP contribution in [-0.2, 0) is 22.6 Å². The van der Waals surface area contributed by atoms with Crippen LogP contribution in [0.5, 0.6) is 0 Å². The number of ether oxygens (including phenoxy) is 1. The highest BCUT2D eigenvalue weighted by Crippen LogP contribution is 2.18. The van der Waals surface area contributed by atoms with Gasteiger partial charge >= 0.3 is 6.03 Å². The quantitative estimate of drug-likeness (QED) is 0.358. The van der Waals surface area contributed by atoms with Crippen LogP contribution in [0.2, 0.25) is 0 Å². The zero-order valence-corrected chi connectivity index (χ0v) is 22.9. The number of thioether (sulfide) groups is 1. The number of furan rings is 1. The minimum Gasteiger partial charge on any atom is -0.464 e. The second-order valence-corrected chi connectivity index (χ2v) is 10.2. The molecule has 0 radical (unpaired) electrons. The van der Waals surface area contributed by atoms with Gasteiger partial charge in [-0.15, -0.1) is 11.8 Å². The van der Waals surface area contributed by atoms with E-state index in [0.29, 0.717) is 50.8 Å². The van der Waals surface area contributed by atoms with Crippen molar-refractivity contribution >= 4 is 29.4 Å².